The van der Waals surface area contributed by atoms with E-state index in [9.17, 15) is 28.8 Å². The second-order valence-electron chi connectivity index (χ2n) is 21.3. The number of aryl methyl sites for hydroxylation is 2. The fraction of sp³-hybridized carbons (Fsp3) is 0.393. The van der Waals surface area contributed by atoms with Gasteiger partial charge in [-0.25, -0.2) is 0 Å². The van der Waals surface area contributed by atoms with Crippen molar-refractivity contribution in [1.29, 1.82) is 0 Å². The molecule has 3 atom stereocenters. The number of thioether (sulfide) groups is 1. The molecule has 18 heteroatoms. The number of fused-ring (bicyclic) bond motifs is 8. The number of imide groups is 1. The summed E-state index contributed by atoms with van der Waals surface area (Å²) in [5.41, 5.74) is 9.89. The van der Waals surface area contributed by atoms with E-state index in [2.05, 4.69) is 42.8 Å². The minimum Gasteiger partial charge on any atom is -0.493 e. The third-order valence-electron chi connectivity index (χ3n) is 15.2. The van der Waals surface area contributed by atoms with Crippen LogP contribution in [0.25, 0.3) is 0 Å². The Morgan fingerprint density at radius 1 is 0.785 bits per heavy atom. The third kappa shape index (κ3) is 12.2. The van der Waals surface area contributed by atoms with Crippen LogP contribution in [-0.4, -0.2) is 112 Å². The molecule has 5 aliphatic rings. The van der Waals surface area contributed by atoms with Crippen molar-refractivity contribution in [2.75, 3.05) is 54.4 Å². The first-order valence-electron chi connectivity index (χ1n) is 26.9. The van der Waals surface area contributed by atoms with Crippen LogP contribution in [0.1, 0.15) is 106 Å². The largest absolute Gasteiger partial charge is 0.493 e. The molecule has 0 aliphatic carbocycles. The van der Waals surface area contributed by atoms with Crippen LogP contribution in [0.5, 0.6) is 17.2 Å². The van der Waals surface area contributed by atoms with Gasteiger partial charge in [-0.1, -0.05) is 64.1 Å². The number of benzene rings is 5. The minimum atomic E-state index is -0.338. The zero-order valence-corrected chi connectivity index (χ0v) is 47.9. The van der Waals surface area contributed by atoms with Crippen molar-refractivity contribution >= 4 is 97.8 Å². The van der Waals surface area contributed by atoms with E-state index in [1.165, 1.54) is 22.2 Å². The average Bonchev–Trinajstić information content (AvgIpc) is 4.29. The monoisotopic (exact) mass is 1120 g/mol. The lowest BCUT2D eigenvalue weighted by Crippen LogP contribution is -2.38. The molecule has 0 bridgehead atoms. The average molecular weight is 1120 g/mol. The highest BCUT2D eigenvalue weighted by Crippen LogP contribution is 2.43. The van der Waals surface area contributed by atoms with Gasteiger partial charge in [-0.05, 0) is 147 Å². The number of anilines is 3. The molecular weight excluding hydrogens is 1060 g/mol. The Morgan fingerprint density at radius 2 is 1.48 bits per heavy atom. The second kappa shape index (κ2) is 23.9. The van der Waals surface area contributed by atoms with Gasteiger partial charge in [-0.15, -0.1) is 0 Å². The molecule has 0 radical (unpaired) electrons. The van der Waals surface area contributed by atoms with Crippen molar-refractivity contribution in [3.05, 3.63) is 136 Å². The molecule has 5 heterocycles. The highest BCUT2D eigenvalue weighted by atomic mass is 33.1. The molecule has 5 aliphatic heterocycles. The number of para-hydroxylation sites is 2. The molecule has 1 fully saturated rings. The number of carbonyl (C=O) groups excluding carboxylic acids is 6. The normalized spacial score (nSPS) is 18.2. The number of likely N-dealkylation sites (tertiary alicyclic amines) is 1. The highest BCUT2D eigenvalue weighted by Gasteiger charge is 2.40. The molecule has 2 N–H and O–H groups in total. The molecule has 1 unspecified atom stereocenters. The maximum absolute atomic E-state index is 14.2. The lowest BCUT2D eigenvalue weighted by Gasteiger charge is -2.23. The van der Waals surface area contributed by atoms with Gasteiger partial charge in [0.15, 0.2) is 11.5 Å². The van der Waals surface area contributed by atoms with Gasteiger partial charge < -0.3 is 39.2 Å². The van der Waals surface area contributed by atoms with Crippen LogP contribution in [0.4, 0.5) is 22.7 Å². The van der Waals surface area contributed by atoms with Gasteiger partial charge in [-0.3, -0.25) is 33.7 Å². The molecule has 0 aromatic heterocycles. The first kappa shape index (κ1) is 55.6. The summed E-state index contributed by atoms with van der Waals surface area (Å²) in [5.74, 6) is 1.53. The number of ether oxygens (including phenoxy) is 3. The Hall–Kier alpha value is -6.76. The molecular formula is C61H66N6O9S3. The lowest BCUT2D eigenvalue weighted by molar-refractivity contribution is -0.401. The summed E-state index contributed by atoms with van der Waals surface area (Å²) in [6.45, 7) is 6.83. The zero-order valence-electron chi connectivity index (χ0n) is 45.5. The SMILES string of the molecule is COc1cc2c(cc1OCc1cc(COc3cc4c(cc3C)C(=O)N3c5ccccc5C[C@H]3[C-]=[N+]4C)cc(NC(=O)CCC(C)(C)SSCCCC(=O)NCCN3C(=O)CC(SC)C3=O)c1)CC[C@@H]1Cc3ccccc3N1C2=O. The van der Waals surface area contributed by atoms with Gasteiger partial charge in [0.25, 0.3) is 5.91 Å². The summed E-state index contributed by atoms with van der Waals surface area (Å²) >= 11 is 1.37. The van der Waals surface area contributed by atoms with Crippen LogP contribution in [-0.2, 0) is 51.7 Å². The van der Waals surface area contributed by atoms with Gasteiger partial charge in [-0.2, -0.15) is 11.8 Å². The van der Waals surface area contributed by atoms with Crippen molar-refractivity contribution in [2.45, 2.75) is 114 Å². The Kier molecular flexibility index (Phi) is 16.8. The van der Waals surface area contributed by atoms with Crippen molar-refractivity contribution in [2.24, 2.45) is 0 Å². The van der Waals surface area contributed by atoms with Crippen LogP contribution in [0.15, 0.2) is 91.0 Å². The van der Waals surface area contributed by atoms with Crippen molar-refractivity contribution < 1.29 is 47.6 Å². The lowest BCUT2D eigenvalue weighted by atomic mass is 9.99. The van der Waals surface area contributed by atoms with Gasteiger partial charge >= 0.3 is 0 Å². The fourth-order valence-electron chi connectivity index (χ4n) is 11.1. The first-order chi connectivity index (χ1) is 38.1. The van der Waals surface area contributed by atoms with Crippen LogP contribution >= 0.6 is 33.3 Å². The Labute approximate surface area is 474 Å². The molecule has 6 amide bonds. The van der Waals surface area contributed by atoms with Gasteiger partial charge in [0, 0.05) is 89.3 Å². The van der Waals surface area contributed by atoms with Crippen LogP contribution in [0.2, 0.25) is 0 Å². The number of amides is 6. The summed E-state index contributed by atoms with van der Waals surface area (Å²) in [6, 6.07) is 29.3. The molecule has 0 spiro atoms. The number of hydrogen-bond acceptors (Lipinski definition) is 12. The van der Waals surface area contributed by atoms with E-state index in [-0.39, 0.29) is 96.7 Å². The van der Waals surface area contributed by atoms with Crippen LogP contribution in [0, 0.1) is 6.92 Å². The maximum Gasteiger partial charge on any atom is 0.258 e. The van der Waals surface area contributed by atoms with Gasteiger partial charge in [0.1, 0.15) is 26.0 Å². The highest BCUT2D eigenvalue weighted by molar-refractivity contribution is 8.77. The summed E-state index contributed by atoms with van der Waals surface area (Å²) in [4.78, 5) is 84.3. The molecule has 5 aromatic carbocycles. The smallest absolute Gasteiger partial charge is 0.258 e. The van der Waals surface area contributed by atoms with E-state index in [1.54, 1.807) is 34.8 Å². The van der Waals surface area contributed by atoms with E-state index >= 15 is 0 Å². The van der Waals surface area contributed by atoms with Gasteiger partial charge in [0.05, 0.1) is 18.0 Å². The number of rotatable bonds is 21. The maximum atomic E-state index is 14.2. The van der Waals surface area contributed by atoms with Crippen molar-refractivity contribution in [3.8, 4) is 17.2 Å². The third-order valence-corrected chi connectivity index (χ3v) is 19.6. The predicted molar refractivity (Wildman–Crippen MR) is 313 cm³/mol. The summed E-state index contributed by atoms with van der Waals surface area (Å²) in [7, 11) is 6.83. The number of nitrogens with one attached hydrogen (secondary N) is 2. The predicted octanol–water partition coefficient (Wildman–Crippen LogP) is 9.75. The van der Waals surface area contributed by atoms with E-state index in [4.69, 9.17) is 14.2 Å². The van der Waals surface area contributed by atoms with E-state index in [1.807, 2.05) is 107 Å². The van der Waals surface area contributed by atoms with Crippen LogP contribution < -0.4 is 34.6 Å². The first-order valence-corrected chi connectivity index (χ1v) is 30.5. The van der Waals surface area contributed by atoms with Crippen LogP contribution in [0.3, 0.4) is 0 Å². The van der Waals surface area contributed by atoms with E-state index < -0.39 is 0 Å². The summed E-state index contributed by atoms with van der Waals surface area (Å²) < 4.78 is 20.7. The second-order valence-corrected chi connectivity index (χ2v) is 25.5. The topological polar surface area (TPSA) is 167 Å². The molecule has 0 saturated carbocycles. The molecule has 412 valence electrons. The number of methoxy groups -OCH3 is 1. The molecule has 79 heavy (non-hydrogen) atoms. The Morgan fingerprint density at radius 3 is 2.20 bits per heavy atom. The molecule has 1 saturated heterocycles. The van der Waals surface area contributed by atoms with E-state index in [0.29, 0.717) is 71.9 Å². The number of carbonyl (C=O) groups is 6. The van der Waals surface area contributed by atoms with E-state index in [0.717, 1.165) is 57.8 Å². The van der Waals surface area contributed by atoms with Crippen molar-refractivity contribution in [1.82, 2.24) is 10.2 Å². The minimum absolute atomic E-state index is 0.0423. The summed E-state index contributed by atoms with van der Waals surface area (Å²) in [5, 5.41) is 5.64. The molecule has 10 rings (SSSR count). The number of nitrogens with zero attached hydrogens (tertiary/aromatic N) is 4. The molecule has 15 nitrogen and oxygen atoms in total. The van der Waals surface area contributed by atoms with Crippen molar-refractivity contribution in [3.63, 3.8) is 0 Å². The Balaban J connectivity index is 0.798. The van der Waals surface area contributed by atoms with Gasteiger partial charge in [0.2, 0.25) is 29.5 Å². The fourth-order valence-corrected chi connectivity index (χ4v) is 14.4. The Bertz CT molecular complexity index is 3270. The quantitative estimate of drug-likeness (QED) is 0.0235. The zero-order chi connectivity index (χ0) is 55.5. The number of hydrogen-bond donors (Lipinski definition) is 2. The molecule has 5 aromatic rings. The standard InChI is InChI=1S/C61H66N6O9S3/c1-37-24-47-50(64(4)34-45-29-42-13-8-10-15-49(42)67(45)59(47)72)32-51(37)75-35-38-25-39(36-76-53-30-40-17-18-44-28-41-12-7-9-14-48(41)66(44)58(71)46(40)31-52(53)74-5)27-43(26-38)63-56(69)19-20-61(2,3)79-78-23-11-16-55(68)62-21-22-65-57(70)33-54(77-6)60(65)73/h7-10,12-15,24-27,30-32,44-45,54H,11,16-23,28-29,33,35-36H2,1-6H3,(H,62,68)(H,63,69)/t44-,45+,54?/m1/s1. The summed E-state index contributed by atoms with van der Waals surface area (Å²) in [6.07, 6.45) is 10.4.